The van der Waals surface area contributed by atoms with Crippen LogP contribution in [-0.4, -0.2) is 11.1 Å². The predicted octanol–water partition coefficient (Wildman–Crippen LogP) is 3.25. The van der Waals surface area contributed by atoms with Gasteiger partial charge in [0.05, 0.1) is 5.92 Å². The van der Waals surface area contributed by atoms with E-state index in [2.05, 4.69) is 24.3 Å². The fourth-order valence-electron chi connectivity index (χ4n) is 3.46. The van der Waals surface area contributed by atoms with Gasteiger partial charge in [0.25, 0.3) is 0 Å². The lowest BCUT2D eigenvalue weighted by molar-refractivity contribution is -0.138. The number of carboxylic acid groups (broad SMARTS) is 1. The zero-order valence-corrected chi connectivity index (χ0v) is 9.71. The molecule has 1 saturated carbocycles. The zero-order valence-electron chi connectivity index (χ0n) is 9.71. The van der Waals surface area contributed by atoms with Crippen molar-refractivity contribution in [2.75, 3.05) is 0 Å². The lowest BCUT2D eigenvalue weighted by Gasteiger charge is -2.18. The Morgan fingerprint density at radius 2 is 1.28 bits per heavy atom. The Hall–Kier alpha value is -2.09. The summed E-state index contributed by atoms with van der Waals surface area (Å²) in [7, 11) is 0. The summed E-state index contributed by atoms with van der Waals surface area (Å²) >= 11 is 0. The van der Waals surface area contributed by atoms with Crippen molar-refractivity contribution in [3.63, 3.8) is 0 Å². The van der Waals surface area contributed by atoms with Crippen molar-refractivity contribution in [2.24, 2.45) is 5.92 Å². The Bertz CT molecular complexity index is 608. The maximum Gasteiger partial charge on any atom is 0.307 e. The minimum absolute atomic E-state index is 0.175. The molecule has 2 aromatic rings. The van der Waals surface area contributed by atoms with Crippen LogP contribution in [0.5, 0.6) is 0 Å². The average molecular weight is 236 g/mol. The molecule has 2 nitrogen and oxygen atoms in total. The van der Waals surface area contributed by atoms with Crippen LogP contribution in [0.2, 0.25) is 0 Å². The monoisotopic (exact) mass is 236 g/mol. The van der Waals surface area contributed by atoms with Crippen molar-refractivity contribution >= 4 is 5.97 Å². The standard InChI is InChI=1S/C16H12O2/c17-16(18)15-13-11-7-3-1-5-9(11)10-6-2-4-8-12(10)14(13)15/h1-8,13-15H,(H,17,18)/t13-,14-/m1/s1. The van der Waals surface area contributed by atoms with E-state index >= 15 is 0 Å². The molecule has 0 radical (unpaired) electrons. The number of carboxylic acids is 1. The van der Waals surface area contributed by atoms with Gasteiger partial charge in [0.1, 0.15) is 0 Å². The summed E-state index contributed by atoms with van der Waals surface area (Å²) in [6, 6.07) is 16.4. The lowest BCUT2D eigenvalue weighted by Crippen LogP contribution is -1.99. The molecular weight excluding hydrogens is 224 g/mol. The molecule has 0 bridgehead atoms. The molecule has 1 N–H and O–H groups in total. The molecule has 0 amide bonds. The lowest BCUT2D eigenvalue weighted by atomic mass is 9.86. The van der Waals surface area contributed by atoms with Crippen LogP contribution in [0.1, 0.15) is 23.0 Å². The van der Waals surface area contributed by atoms with Crippen molar-refractivity contribution in [3.05, 3.63) is 59.7 Å². The number of benzene rings is 2. The average Bonchev–Trinajstić information content (AvgIpc) is 3.15. The Balaban J connectivity index is 2.00. The van der Waals surface area contributed by atoms with Crippen molar-refractivity contribution in [1.82, 2.24) is 0 Å². The quantitative estimate of drug-likeness (QED) is 0.825. The van der Waals surface area contributed by atoms with E-state index in [4.69, 9.17) is 0 Å². The number of carbonyl (C=O) groups is 1. The minimum Gasteiger partial charge on any atom is -0.481 e. The van der Waals surface area contributed by atoms with Gasteiger partial charge in [-0.15, -0.1) is 0 Å². The molecule has 2 heteroatoms. The van der Waals surface area contributed by atoms with Crippen LogP contribution in [0, 0.1) is 5.92 Å². The molecule has 2 aliphatic carbocycles. The van der Waals surface area contributed by atoms with Gasteiger partial charge < -0.3 is 5.11 Å². The summed E-state index contributed by atoms with van der Waals surface area (Å²) in [6.45, 7) is 0. The van der Waals surface area contributed by atoms with Gasteiger partial charge in [0, 0.05) is 11.8 Å². The van der Waals surface area contributed by atoms with Crippen molar-refractivity contribution in [1.29, 1.82) is 0 Å². The predicted molar refractivity (Wildman–Crippen MR) is 68.5 cm³/mol. The van der Waals surface area contributed by atoms with Crippen LogP contribution >= 0.6 is 0 Å². The first kappa shape index (κ1) is 9.89. The van der Waals surface area contributed by atoms with Gasteiger partial charge in [-0.05, 0) is 22.3 Å². The summed E-state index contributed by atoms with van der Waals surface area (Å²) in [5.41, 5.74) is 4.82. The molecule has 0 unspecified atom stereocenters. The summed E-state index contributed by atoms with van der Waals surface area (Å²) < 4.78 is 0. The second kappa shape index (κ2) is 3.22. The molecule has 1 fully saturated rings. The number of fused-ring (bicyclic) bond motifs is 6. The van der Waals surface area contributed by atoms with Crippen LogP contribution in [-0.2, 0) is 4.79 Å². The SMILES string of the molecule is O=C(O)C1[C@@H]2c3ccccc3-c3ccccc3[C@@H]12. The molecule has 0 aliphatic heterocycles. The molecule has 2 atom stereocenters. The molecule has 4 rings (SSSR count). The highest BCUT2D eigenvalue weighted by molar-refractivity contribution is 5.86. The number of hydrogen-bond donors (Lipinski definition) is 1. The maximum absolute atomic E-state index is 11.3. The molecule has 2 aromatic carbocycles. The third-order valence-electron chi connectivity index (χ3n) is 4.23. The Morgan fingerprint density at radius 1 is 0.833 bits per heavy atom. The smallest absolute Gasteiger partial charge is 0.307 e. The Kier molecular flexibility index (Phi) is 1.77. The van der Waals surface area contributed by atoms with E-state index in [0.717, 1.165) is 0 Å². The molecule has 0 spiro atoms. The van der Waals surface area contributed by atoms with Crippen molar-refractivity contribution in [3.8, 4) is 11.1 Å². The summed E-state index contributed by atoms with van der Waals surface area (Å²) in [6.07, 6.45) is 0. The Morgan fingerprint density at radius 3 is 1.72 bits per heavy atom. The summed E-state index contributed by atoms with van der Waals surface area (Å²) in [5, 5.41) is 9.34. The second-order valence-corrected chi connectivity index (χ2v) is 5.09. The molecule has 2 aliphatic rings. The van der Waals surface area contributed by atoms with E-state index in [1.165, 1.54) is 22.3 Å². The Labute approximate surface area is 105 Å². The van der Waals surface area contributed by atoms with E-state index in [1.807, 2.05) is 24.3 Å². The van der Waals surface area contributed by atoms with E-state index < -0.39 is 5.97 Å². The largest absolute Gasteiger partial charge is 0.481 e. The van der Waals surface area contributed by atoms with Crippen LogP contribution in [0.3, 0.4) is 0 Å². The fraction of sp³-hybridized carbons (Fsp3) is 0.188. The number of hydrogen-bond acceptors (Lipinski definition) is 1. The first-order valence-electron chi connectivity index (χ1n) is 6.20. The van der Waals surface area contributed by atoms with Crippen molar-refractivity contribution < 1.29 is 9.90 Å². The second-order valence-electron chi connectivity index (χ2n) is 5.09. The normalized spacial score (nSPS) is 26.8. The first-order chi connectivity index (χ1) is 8.79. The van der Waals surface area contributed by atoms with E-state index in [1.54, 1.807) is 0 Å². The minimum atomic E-state index is -0.670. The fourth-order valence-corrected chi connectivity index (χ4v) is 3.46. The van der Waals surface area contributed by atoms with Gasteiger partial charge in [-0.25, -0.2) is 0 Å². The summed E-state index contributed by atoms with van der Waals surface area (Å²) in [4.78, 5) is 11.3. The van der Waals surface area contributed by atoms with E-state index in [-0.39, 0.29) is 17.8 Å². The van der Waals surface area contributed by atoms with Crippen LogP contribution in [0.25, 0.3) is 11.1 Å². The highest BCUT2D eigenvalue weighted by Gasteiger charge is 2.59. The zero-order chi connectivity index (χ0) is 12.3. The first-order valence-corrected chi connectivity index (χ1v) is 6.20. The summed E-state index contributed by atoms with van der Waals surface area (Å²) in [5.74, 6) is -0.562. The molecule has 0 aromatic heterocycles. The van der Waals surface area contributed by atoms with Gasteiger partial charge in [-0.1, -0.05) is 48.5 Å². The molecule has 0 heterocycles. The van der Waals surface area contributed by atoms with Crippen LogP contribution < -0.4 is 0 Å². The van der Waals surface area contributed by atoms with Gasteiger partial charge in [-0.3, -0.25) is 4.79 Å². The van der Waals surface area contributed by atoms with Gasteiger partial charge >= 0.3 is 5.97 Å². The van der Waals surface area contributed by atoms with E-state index in [9.17, 15) is 9.90 Å². The van der Waals surface area contributed by atoms with E-state index in [0.29, 0.717) is 0 Å². The number of aliphatic carboxylic acids is 1. The van der Waals surface area contributed by atoms with Crippen LogP contribution in [0.4, 0.5) is 0 Å². The van der Waals surface area contributed by atoms with Gasteiger partial charge in [0.15, 0.2) is 0 Å². The highest BCUT2D eigenvalue weighted by Crippen LogP contribution is 2.66. The molecule has 18 heavy (non-hydrogen) atoms. The topological polar surface area (TPSA) is 37.3 Å². The van der Waals surface area contributed by atoms with Crippen LogP contribution in [0.15, 0.2) is 48.5 Å². The van der Waals surface area contributed by atoms with Gasteiger partial charge in [0.2, 0.25) is 0 Å². The molecule has 0 saturated heterocycles. The maximum atomic E-state index is 11.3. The van der Waals surface area contributed by atoms with Crippen molar-refractivity contribution in [2.45, 2.75) is 11.8 Å². The third-order valence-corrected chi connectivity index (χ3v) is 4.23. The number of rotatable bonds is 1. The molecule has 88 valence electrons. The highest BCUT2D eigenvalue weighted by atomic mass is 16.4. The third kappa shape index (κ3) is 1.10. The molecular formula is C16H12O2. The van der Waals surface area contributed by atoms with Gasteiger partial charge in [-0.2, -0.15) is 0 Å².